The fourth-order valence-corrected chi connectivity index (χ4v) is 2.34. The number of nitrogens with zero attached hydrogens (tertiary/aromatic N) is 3. The number of rotatable bonds is 7. The third kappa shape index (κ3) is 3.85. The van der Waals surface area contributed by atoms with Crippen LogP contribution in [0.2, 0.25) is 0 Å². The molecule has 0 saturated carbocycles. The summed E-state index contributed by atoms with van der Waals surface area (Å²) in [6.45, 7) is 3.47. The molecule has 10 heteroatoms. The third-order valence-corrected chi connectivity index (χ3v) is 3.65. The fraction of sp³-hybridized carbons (Fsp3) is 0.533. The zero-order chi connectivity index (χ0) is 18.6. The summed E-state index contributed by atoms with van der Waals surface area (Å²) >= 11 is 0. The molecule has 0 bridgehead atoms. The van der Waals surface area contributed by atoms with E-state index in [9.17, 15) is 19.7 Å². The van der Waals surface area contributed by atoms with Crippen molar-refractivity contribution < 1.29 is 28.7 Å². The van der Waals surface area contributed by atoms with Crippen molar-refractivity contribution in [3.05, 3.63) is 22.2 Å². The van der Waals surface area contributed by atoms with Gasteiger partial charge in [0.05, 0.1) is 6.61 Å². The highest BCUT2D eigenvalue weighted by Gasteiger charge is 2.43. The van der Waals surface area contributed by atoms with Crippen LogP contribution in [0.3, 0.4) is 0 Å². The molecular weight excluding hydrogens is 334 g/mol. The number of methoxy groups -OCH3 is 1. The van der Waals surface area contributed by atoms with E-state index in [1.807, 2.05) is 0 Å². The second-order valence-corrected chi connectivity index (χ2v) is 5.31. The number of aromatic nitrogens is 1. The lowest BCUT2D eigenvalue weighted by molar-refractivity contribution is -0.389. The van der Waals surface area contributed by atoms with Crippen molar-refractivity contribution in [2.45, 2.75) is 32.4 Å². The molecule has 2 heterocycles. The molecule has 25 heavy (non-hydrogen) atoms. The van der Waals surface area contributed by atoms with Crippen molar-refractivity contribution >= 4 is 23.5 Å². The van der Waals surface area contributed by atoms with Crippen molar-refractivity contribution in [2.75, 3.05) is 25.2 Å². The predicted octanol–water partition coefficient (Wildman–Crippen LogP) is 1.07. The number of fused-ring (bicyclic) bond motifs is 1. The zero-order valence-corrected chi connectivity index (χ0v) is 14.1. The molecule has 10 nitrogen and oxygen atoms in total. The number of ether oxygens (including phenoxy) is 3. The molecule has 0 aromatic carbocycles. The smallest absolute Gasteiger partial charge is 0.366 e. The first-order chi connectivity index (χ1) is 11.9. The van der Waals surface area contributed by atoms with Crippen molar-refractivity contribution in [3.63, 3.8) is 0 Å². The van der Waals surface area contributed by atoms with Gasteiger partial charge in [-0.05, 0) is 29.3 Å². The van der Waals surface area contributed by atoms with Gasteiger partial charge in [0.25, 0.3) is 11.7 Å². The van der Waals surface area contributed by atoms with Crippen molar-refractivity contribution in [2.24, 2.45) is 0 Å². The van der Waals surface area contributed by atoms with Gasteiger partial charge >= 0.3 is 11.8 Å². The first-order valence-corrected chi connectivity index (χ1v) is 7.71. The van der Waals surface area contributed by atoms with Crippen LogP contribution >= 0.6 is 0 Å². The molecule has 2 atom stereocenters. The Labute approximate surface area is 143 Å². The molecule has 2 rings (SSSR count). The third-order valence-electron chi connectivity index (χ3n) is 3.65. The van der Waals surface area contributed by atoms with Gasteiger partial charge in [-0.2, -0.15) is 0 Å². The lowest BCUT2D eigenvalue weighted by Gasteiger charge is -2.33. The molecule has 0 aliphatic carbocycles. The first kappa shape index (κ1) is 18.6. The van der Waals surface area contributed by atoms with Crippen molar-refractivity contribution in [1.82, 2.24) is 4.98 Å². The average Bonchev–Trinajstić information content (AvgIpc) is 2.60. The van der Waals surface area contributed by atoms with Crippen LogP contribution in [0, 0.1) is 10.1 Å². The molecule has 0 saturated heterocycles. The molecule has 1 amide bonds. The monoisotopic (exact) mass is 353 g/mol. The molecule has 0 radical (unpaired) electrons. The van der Waals surface area contributed by atoms with Gasteiger partial charge in [-0.15, -0.1) is 0 Å². The molecule has 0 spiro atoms. The number of nitro groups is 1. The van der Waals surface area contributed by atoms with E-state index in [4.69, 9.17) is 14.2 Å². The highest BCUT2D eigenvalue weighted by atomic mass is 16.6. The fourth-order valence-electron chi connectivity index (χ4n) is 2.34. The van der Waals surface area contributed by atoms with Crippen molar-refractivity contribution in [3.8, 4) is 5.75 Å². The van der Waals surface area contributed by atoms with Gasteiger partial charge in [0, 0.05) is 13.2 Å². The number of carbonyl (C=O) groups excluding carboxylic acids is 2. The zero-order valence-electron chi connectivity index (χ0n) is 14.1. The lowest BCUT2D eigenvalue weighted by Crippen LogP contribution is -2.53. The highest BCUT2D eigenvalue weighted by Crippen LogP contribution is 2.36. The SMILES string of the molecule is CCC1Oc2ccc([N+](=O)[O-])nc2N(C(C)C(=O)OCCOC)C1=O. The van der Waals surface area contributed by atoms with Gasteiger partial charge in [0.15, 0.2) is 11.9 Å². The molecular formula is C15H19N3O7. The van der Waals surface area contributed by atoms with E-state index < -0.39 is 34.8 Å². The summed E-state index contributed by atoms with van der Waals surface area (Å²) < 4.78 is 15.4. The normalized spacial score (nSPS) is 17.5. The Bertz CT molecular complexity index is 679. The number of pyridine rings is 1. The minimum atomic E-state index is -1.02. The minimum Gasteiger partial charge on any atom is -0.474 e. The second kappa shape index (κ2) is 7.88. The van der Waals surface area contributed by atoms with Gasteiger partial charge in [-0.25, -0.2) is 4.79 Å². The van der Waals surface area contributed by atoms with Crippen LogP contribution in [0.1, 0.15) is 20.3 Å². The van der Waals surface area contributed by atoms with E-state index in [-0.39, 0.29) is 24.8 Å². The molecule has 1 aliphatic rings. The summed E-state index contributed by atoms with van der Waals surface area (Å²) in [5.41, 5.74) is 0. The summed E-state index contributed by atoms with van der Waals surface area (Å²) in [6.07, 6.45) is -0.429. The molecule has 1 aromatic heterocycles. The maximum Gasteiger partial charge on any atom is 0.366 e. The average molecular weight is 353 g/mol. The number of anilines is 1. The van der Waals surface area contributed by atoms with Crippen LogP contribution < -0.4 is 9.64 Å². The summed E-state index contributed by atoms with van der Waals surface area (Å²) in [4.78, 5) is 40.1. The maximum atomic E-state index is 12.6. The van der Waals surface area contributed by atoms with Gasteiger partial charge in [-0.3, -0.25) is 9.69 Å². The summed E-state index contributed by atoms with van der Waals surface area (Å²) in [7, 11) is 1.47. The molecule has 1 aliphatic heterocycles. The summed E-state index contributed by atoms with van der Waals surface area (Å²) in [6, 6.07) is 1.53. The van der Waals surface area contributed by atoms with Crippen LogP contribution in [0.15, 0.2) is 12.1 Å². The standard InChI is InChI=1S/C15H19N3O7/c1-4-10-14(19)17(9(2)15(20)24-8-7-23-3)13-11(25-10)5-6-12(16-13)18(21)22/h5-6,9-10H,4,7-8H2,1-3H3. The van der Waals surface area contributed by atoms with Crippen LogP contribution in [0.4, 0.5) is 11.6 Å². The van der Waals surface area contributed by atoms with E-state index in [1.54, 1.807) is 6.92 Å². The largest absolute Gasteiger partial charge is 0.474 e. The number of hydrogen-bond acceptors (Lipinski definition) is 8. The predicted molar refractivity (Wildman–Crippen MR) is 85.4 cm³/mol. The van der Waals surface area contributed by atoms with E-state index in [2.05, 4.69) is 4.98 Å². The Kier molecular flexibility index (Phi) is 5.86. The topological polar surface area (TPSA) is 121 Å². The van der Waals surface area contributed by atoms with E-state index >= 15 is 0 Å². The number of esters is 1. The van der Waals surface area contributed by atoms with Gasteiger partial charge in [0.1, 0.15) is 12.6 Å². The second-order valence-electron chi connectivity index (χ2n) is 5.31. The van der Waals surface area contributed by atoms with E-state index in [0.717, 1.165) is 4.90 Å². The number of carbonyl (C=O) groups is 2. The Morgan fingerprint density at radius 3 is 2.80 bits per heavy atom. The molecule has 0 fully saturated rings. The van der Waals surface area contributed by atoms with Crippen LogP contribution in [-0.4, -0.2) is 54.3 Å². The van der Waals surface area contributed by atoms with Gasteiger partial charge in [0.2, 0.25) is 0 Å². The van der Waals surface area contributed by atoms with E-state index in [0.29, 0.717) is 6.42 Å². The Balaban J connectivity index is 2.37. The highest BCUT2D eigenvalue weighted by molar-refractivity contribution is 6.03. The number of hydrogen-bond donors (Lipinski definition) is 0. The molecule has 1 aromatic rings. The van der Waals surface area contributed by atoms with Crippen LogP contribution in [0.25, 0.3) is 0 Å². The Morgan fingerprint density at radius 2 is 2.20 bits per heavy atom. The molecule has 2 unspecified atom stereocenters. The lowest BCUT2D eigenvalue weighted by atomic mass is 10.1. The van der Waals surface area contributed by atoms with Crippen LogP contribution in [-0.2, 0) is 19.1 Å². The van der Waals surface area contributed by atoms with Gasteiger partial charge in [-0.1, -0.05) is 6.92 Å². The van der Waals surface area contributed by atoms with Crippen molar-refractivity contribution in [1.29, 1.82) is 0 Å². The summed E-state index contributed by atoms with van der Waals surface area (Å²) in [5.74, 6) is -1.48. The first-order valence-electron chi connectivity index (χ1n) is 7.71. The maximum absolute atomic E-state index is 12.6. The van der Waals surface area contributed by atoms with Crippen LogP contribution in [0.5, 0.6) is 5.75 Å². The minimum absolute atomic E-state index is 0.0324. The molecule has 136 valence electrons. The Morgan fingerprint density at radius 1 is 1.48 bits per heavy atom. The molecule has 0 N–H and O–H groups in total. The quantitative estimate of drug-likeness (QED) is 0.309. The van der Waals surface area contributed by atoms with Gasteiger partial charge < -0.3 is 24.3 Å². The van der Waals surface area contributed by atoms with E-state index in [1.165, 1.54) is 26.2 Å². The summed E-state index contributed by atoms with van der Waals surface area (Å²) in [5, 5.41) is 11.0. The Hall–Kier alpha value is -2.75. The number of amides is 1.